The van der Waals surface area contributed by atoms with Crippen molar-refractivity contribution in [1.82, 2.24) is 9.21 Å². The number of rotatable bonds is 11. The predicted molar refractivity (Wildman–Crippen MR) is 158 cm³/mol. The molecule has 39 heavy (non-hydrogen) atoms. The van der Waals surface area contributed by atoms with Gasteiger partial charge in [0.15, 0.2) is 0 Å². The molecule has 210 valence electrons. The number of nitrogens with zero attached hydrogens (tertiary/aromatic N) is 2. The molecule has 2 aromatic carbocycles. The highest BCUT2D eigenvalue weighted by atomic mass is 35.5. The Bertz CT molecular complexity index is 1390. The Hall–Kier alpha value is -2.76. The Morgan fingerprint density at radius 3 is 2.26 bits per heavy atom. The van der Waals surface area contributed by atoms with Crippen LogP contribution in [0.1, 0.15) is 63.4 Å². The van der Waals surface area contributed by atoms with E-state index in [0.29, 0.717) is 42.2 Å². The molecule has 0 aliphatic carbocycles. The van der Waals surface area contributed by atoms with Gasteiger partial charge in [-0.25, -0.2) is 8.42 Å². The second-order valence-corrected chi connectivity index (χ2v) is 12.4. The number of anilines is 1. The summed E-state index contributed by atoms with van der Waals surface area (Å²) in [6.07, 6.45) is 2.11. The van der Waals surface area contributed by atoms with Gasteiger partial charge in [-0.2, -0.15) is 4.31 Å². The van der Waals surface area contributed by atoms with Crippen LogP contribution in [0.3, 0.4) is 0 Å². The number of amides is 2. The fourth-order valence-corrected chi connectivity index (χ4v) is 7.65. The number of fused-ring (bicyclic) bond motifs is 1. The summed E-state index contributed by atoms with van der Waals surface area (Å²) >= 11 is 1.37. The second kappa shape index (κ2) is 13.5. The lowest BCUT2D eigenvalue weighted by Crippen LogP contribution is -2.32. The molecule has 1 aliphatic heterocycles. The van der Waals surface area contributed by atoms with Crippen LogP contribution in [0, 0.1) is 0 Å². The van der Waals surface area contributed by atoms with Gasteiger partial charge >= 0.3 is 0 Å². The summed E-state index contributed by atoms with van der Waals surface area (Å²) in [6, 6.07) is 16.1. The summed E-state index contributed by atoms with van der Waals surface area (Å²) in [6.45, 7) is 7.03. The Morgan fingerprint density at radius 1 is 1.03 bits per heavy atom. The van der Waals surface area contributed by atoms with Crippen molar-refractivity contribution in [3.63, 3.8) is 0 Å². The summed E-state index contributed by atoms with van der Waals surface area (Å²) in [5.74, 6) is -0.988. The maximum atomic E-state index is 13.1. The number of benzene rings is 2. The molecule has 3 aromatic rings. The Labute approximate surface area is 240 Å². The third-order valence-electron chi connectivity index (χ3n) is 6.56. The first kappa shape index (κ1) is 30.8. The molecule has 11 heteroatoms. The number of nitrogens with one attached hydrogen (secondary N) is 1. The molecule has 0 atom stereocenters. The maximum Gasteiger partial charge on any atom is 0.256 e. The van der Waals surface area contributed by atoms with E-state index in [0.717, 1.165) is 36.4 Å². The number of hydrogen-bond donors (Lipinski definition) is 2. The van der Waals surface area contributed by atoms with Crippen LogP contribution in [0.15, 0.2) is 59.5 Å². The van der Waals surface area contributed by atoms with E-state index < -0.39 is 21.8 Å². The minimum atomic E-state index is -3.64. The van der Waals surface area contributed by atoms with Gasteiger partial charge in [0, 0.05) is 43.2 Å². The van der Waals surface area contributed by atoms with Crippen molar-refractivity contribution in [2.75, 3.05) is 25.0 Å². The lowest BCUT2D eigenvalue weighted by molar-refractivity contribution is 0.0999. The average Bonchev–Trinajstić information content (AvgIpc) is 3.26. The van der Waals surface area contributed by atoms with Crippen molar-refractivity contribution in [2.24, 2.45) is 5.73 Å². The minimum absolute atomic E-state index is 0. The van der Waals surface area contributed by atoms with E-state index in [4.69, 9.17) is 5.73 Å². The molecule has 0 unspecified atom stereocenters. The Morgan fingerprint density at radius 2 is 1.67 bits per heavy atom. The molecule has 0 saturated heterocycles. The summed E-state index contributed by atoms with van der Waals surface area (Å²) in [4.78, 5) is 28.9. The first-order valence-electron chi connectivity index (χ1n) is 12.9. The Kier molecular flexibility index (Phi) is 10.7. The van der Waals surface area contributed by atoms with E-state index in [9.17, 15) is 18.0 Å². The number of nitrogens with two attached hydrogens (primary N) is 1. The van der Waals surface area contributed by atoms with Crippen LogP contribution >= 0.6 is 23.7 Å². The van der Waals surface area contributed by atoms with Crippen molar-refractivity contribution >= 4 is 50.6 Å². The zero-order valence-corrected chi connectivity index (χ0v) is 24.6. The molecule has 8 nitrogen and oxygen atoms in total. The van der Waals surface area contributed by atoms with Gasteiger partial charge in [0.1, 0.15) is 5.00 Å². The Balaban J connectivity index is 0.00000420. The van der Waals surface area contributed by atoms with E-state index >= 15 is 0 Å². The number of sulfonamides is 1. The molecular formula is C28H35ClN4O4S2. The van der Waals surface area contributed by atoms with Crippen LogP contribution in [0.4, 0.5) is 5.00 Å². The number of thiophene rings is 1. The van der Waals surface area contributed by atoms with E-state index in [1.165, 1.54) is 45.5 Å². The minimum Gasteiger partial charge on any atom is -0.365 e. The van der Waals surface area contributed by atoms with E-state index in [-0.39, 0.29) is 17.3 Å². The number of carbonyl (C=O) groups excluding carboxylic acids is 2. The number of primary amides is 1. The largest absolute Gasteiger partial charge is 0.365 e. The van der Waals surface area contributed by atoms with E-state index in [2.05, 4.69) is 22.3 Å². The van der Waals surface area contributed by atoms with Crippen molar-refractivity contribution in [1.29, 1.82) is 0 Å². The van der Waals surface area contributed by atoms with Crippen LogP contribution in [-0.2, 0) is 29.5 Å². The highest BCUT2D eigenvalue weighted by Gasteiger charge is 2.28. The molecule has 4 rings (SSSR count). The van der Waals surface area contributed by atoms with Crippen LogP contribution in [0.25, 0.3) is 0 Å². The predicted octanol–water partition coefficient (Wildman–Crippen LogP) is 4.89. The quantitative estimate of drug-likeness (QED) is 0.330. The van der Waals surface area contributed by atoms with Gasteiger partial charge in [0.2, 0.25) is 10.0 Å². The fraction of sp³-hybridized carbons (Fsp3) is 0.357. The third kappa shape index (κ3) is 7.06. The van der Waals surface area contributed by atoms with Crippen molar-refractivity contribution in [3.05, 3.63) is 81.7 Å². The highest BCUT2D eigenvalue weighted by molar-refractivity contribution is 7.89. The molecule has 0 saturated carbocycles. The van der Waals surface area contributed by atoms with Crippen LogP contribution in [0.5, 0.6) is 0 Å². The molecule has 2 heterocycles. The highest BCUT2D eigenvalue weighted by Crippen LogP contribution is 2.37. The number of halogens is 1. The zero-order valence-electron chi connectivity index (χ0n) is 22.2. The molecule has 0 fully saturated rings. The zero-order chi connectivity index (χ0) is 27.3. The normalized spacial score (nSPS) is 13.5. The van der Waals surface area contributed by atoms with Gasteiger partial charge in [-0.15, -0.1) is 23.7 Å². The first-order chi connectivity index (χ1) is 18.2. The van der Waals surface area contributed by atoms with Crippen molar-refractivity contribution < 1.29 is 18.0 Å². The van der Waals surface area contributed by atoms with Crippen molar-refractivity contribution in [2.45, 2.75) is 51.1 Å². The molecule has 0 radical (unpaired) electrons. The number of hydrogen-bond acceptors (Lipinski definition) is 6. The molecule has 3 N–H and O–H groups in total. The molecule has 1 aliphatic rings. The summed E-state index contributed by atoms with van der Waals surface area (Å²) < 4.78 is 27.5. The van der Waals surface area contributed by atoms with E-state index in [1.807, 2.05) is 32.0 Å². The first-order valence-corrected chi connectivity index (χ1v) is 15.1. The summed E-state index contributed by atoms with van der Waals surface area (Å²) in [5.41, 5.74) is 8.52. The second-order valence-electron chi connectivity index (χ2n) is 9.40. The maximum absolute atomic E-state index is 13.1. The summed E-state index contributed by atoms with van der Waals surface area (Å²) in [7, 11) is -3.64. The summed E-state index contributed by atoms with van der Waals surface area (Å²) in [5, 5.41) is 3.29. The van der Waals surface area contributed by atoms with Crippen LogP contribution < -0.4 is 11.1 Å². The van der Waals surface area contributed by atoms with Gasteiger partial charge in [0.05, 0.1) is 10.5 Å². The van der Waals surface area contributed by atoms with Gasteiger partial charge in [-0.3, -0.25) is 14.5 Å². The average molecular weight is 591 g/mol. The van der Waals surface area contributed by atoms with Crippen LogP contribution in [0.2, 0.25) is 0 Å². The van der Waals surface area contributed by atoms with Gasteiger partial charge in [-0.1, -0.05) is 44.2 Å². The number of carbonyl (C=O) groups is 2. The van der Waals surface area contributed by atoms with E-state index in [1.54, 1.807) is 0 Å². The molecule has 0 bridgehead atoms. The standard InChI is InChI=1S/C28H34N4O4S2.ClH/c1-3-15-32(16-4-2)38(35,36)22-12-10-21(11-13-22)27(34)30-28-25(26(29)33)23-14-17-31(19-24(23)37-28)18-20-8-6-5-7-9-20;/h5-13H,3-4,14-19H2,1-2H3,(H2,29,33)(H,30,34);1H. The van der Waals surface area contributed by atoms with Crippen LogP contribution in [-0.4, -0.2) is 49.1 Å². The lowest BCUT2D eigenvalue weighted by atomic mass is 10.0. The monoisotopic (exact) mass is 590 g/mol. The SMILES string of the molecule is CCCN(CCC)S(=O)(=O)c1ccc(C(=O)Nc2sc3c(c2C(N)=O)CCN(Cc2ccccc2)C3)cc1.Cl. The molecule has 1 aromatic heterocycles. The van der Waals surface area contributed by atoms with Crippen molar-refractivity contribution in [3.8, 4) is 0 Å². The van der Waals surface area contributed by atoms with Gasteiger partial charge < -0.3 is 11.1 Å². The topological polar surface area (TPSA) is 113 Å². The molecular weight excluding hydrogens is 556 g/mol. The molecule has 0 spiro atoms. The lowest BCUT2D eigenvalue weighted by Gasteiger charge is -2.27. The fourth-order valence-electron chi connectivity index (χ4n) is 4.74. The van der Waals surface area contributed by atoms with Gasteiger partial charge in [0.25, 0.3) is 11.8 Å². The molecule has 2 amide bonds. The van der Waals surface area contributed by atoms with Gasteiger partial charge in [-0.05, 0) is 54.7 Å². The third-order valence-corrected chi connectivity index (χ3v) is 9.60. The smallest absolute Gasteiger partial charge is 0.256 e.